The first-order valence-electron chi connectivity index (χ1n) is 21.3. The molecule has 0 spiro atoms. The molecule has 0 saturated carbocycles. The molecule has 0 aromatic heterocycles. The molecule has 0 fully saturated rings. The quantitative estimate of drug-likeness (QED) is 0.0374. The summed E-state index contributed by atoms with van der Waals surface area (Å²) in [5.74, 6) is -1.58. The van der Waals surface area contributed by atoms with Gasteiger partial charge in [0.2, 0.25) is 5.69 Å². The maximum absolute atomic E-state index is 13.0. The Labute approximate surface area is 375 Å². The second-order valence-electron chi connectivity index (χ2n) is 16.9. The predicted octanol–water partition coefficient (Wildman–Crippen LogP) is 7.04. The van der Waals surface area contributed by atoms with Gasteiger partial charge in [0.05, 0.1) is 33.6 Å². The first-order chi connectivity index (χ1) is 30.3. The van der Waals surface area contributed by atoms with Gasteiger partial charge >= 0.3 is 5.97 Å². The van der Waals surface area contributed by atoms with Crippen LogP contribution in [0.3, 0.4) is 0 Å². The zero-order chi connectivity index (χ0) is 46.5. The van der Waals surface area contributed by atoms with Crippen molar-refractivity contribution in [2.45, 2.75) is 75.0 Å². The number of anilines is 1. The molecule has 1 atom stereocenters. The van der Waals surface area contributed by atoms with Gasteiger partial charge in [-0.25, -0.2) is 16.8 Å². The zero-order valence-electron chi connectivity index (χ0n) is 36.9. The monoisotopic (exact) mass is 914 g/mol. The summed E-state index contributed by atoms with van der Waals surface area (Å²) in [7, 11) is -5.95. The fraction of sp³-hybridized carbons (Fsp3) is 0.396. The van der Waals surface area contributed by atoms with E-state index in [-0.39, 0.29) is 23.6 Å². The van der Waals surface area contributed by atoms with Crippen LogP contribution in [-0.2, 0) is 45.3 Å². The van der Waals surface area contributed by atoms with Crippen LogP contribution in [-0.4, -0.2) is 106 Å². The van der Waals surface area contributed by atoms with Gasteiger partial charge < -0.3 is 33.9 Å². The van der Waals surface area contributed by atoms with Crippen molar-refractivity contribution in [1.29, 1.82) is 0 Å². The fourth-order valence-corrected chi connectivity index (χ4v) is 10.3. The molecule has 64 heavy (non-hydrogen) atoms. The summed E-state index contributed by atoms with van der Waals surface area (Å²) in [5, 5.41) is 15.2. The number of fused-ring (bicyclic) bond motifs is 6. The summed E-state index contributed by atoms with van der Waals surface area (Å²) in [4.78, 5) is 26.0. The average molecular weight is 915 g/mol. The van der Waals surface area contributed by atoms with E-state index in [1.807, 2.05) is 66.8 Å². The SMILES string of the molecule is COCCNC(=O)c1ccc2c3c(ccc2c1)N(CCOC)C(=CC=CC=CC1=[N+](CCCCCC(=O)O)c2ccc4cc(S(=O)(=O)[O-])ccc4c2C1(C)C)C3(C)CCCS(=O)(=O)[O-]. The molecule has 16 heteroatoms. The molecule has 342 valence electrons. The van der Waals surface area contributed by atoms with E-state index in [1.54, 1.807) is 26.4 Å². The number of carbonyl (C=O) groups is 2. The molecule has 4 aromatic carbocycles. The number of aliphatic carboxylic acids is 1. The van der Waals surface area contributed by atoms with Crippen molar-refractivity contribution in [2.24, 2.45) is 0 Å². The highest BCUT2D eigenvalue weighted by Crippen LogP contribution is 2.53. The van der Waals surface area contributed by atoms with Gasteiger partial charge in [-0.1, -0.05) is 36.4 Å². The van der Waals surface area contributed by atoms with Crippen molar-refractivity contribution < 1.29 is 54.7 Å². The average Bonchev–Trinajstić information content (AvgIpc) is 3.60. The Kier molecular flexibility index (Phi) is 15.0. The van der Waals surface area contributed by atoms with E-state index in [0.29, 0.717) is 63.1 Å². The molecule has 6 rings (SSSR count). The Morgan fingerprint density at radius 1 is 0.828 bits per heavy atom. The van der Waals surface area contributed by atoms with Crippen LogP contribution in [0.1, 0.15) is 80.8 Å². The van der Waals surface area contributed by atoms with Crippen LogP contribution >= 0.6 is 0 Å². The molecule has 1 unspecified atom stereocenters. The number of nitrogens with zero attached hydrogens (tertiary/aromatic N) is 2. The van der Waals surface area contributed by atoms with Crippen LogP contribution in [0.15, 0.2) is 102 Å². The number of carboxylic acids is 1. The lowest BCUT2D eigenvalue weighted by atomic mass is 9.75. The van der Waals surface area contributed by atoms with E-state index < -0.39 is 42.8 Å². The molecular weight excluding hydrogens is 859 g/mol. The number of methoxy groups -OCH3 is 2. The number of hydrogen-bond donors (Lipinski definition) is 2. The standard InChI is InChI=1S/C48H57N3O11S2/c1-47(2)41(50(26-11-7-10-15-43(52)53)39-22-18-34-32-36(64(58,59)60)19-21-37(34)44(39)47)13-8-6-9-14-42-48(3,24-12-30-63(55,56)57)45-38-20-16-35(46(54)49-25-28-61-4)31-33(38)17-23-40(45)51(42)27-29-62-5/h6,8-9,13-14,16-23,31-32H,7,10-12,15,24-30H2,1-5H3,(H3-,49,52,53,54,55,56,57,58,59,60)/p-1. The number of nitrogens with one attached hydrogen (secondary N) is 1. The van der Waals surface area contributed by atoms with Crippen molar-refractivity contribution in [3.8, 4) is 0 Å². The predicted molar refractivity (Wildman–Crippen MR) is 246 cm³/mol. The summed E-state index contributed by atoms with van der Waals surface area (Å²) in [6, 6.07) is 17.7. The molecule has 0 bridgehead atoms. The third kappa shape index (κ3) is 10.5. The molecule has 0 radical (unpaired) electrons. The van der Waals surface area contributed by atoms with Gasteiger partial charge in [0, 0.05) is 86.0 Å². The number of amides is 1. The number of rotatable bonds is 21. The summed E-state index contributed by atoms with van der Waals surface area (Å²) >= 11 is 0. The Morgan fingerprint density at radius 3 is 2.23 bits per heavy atom. The highest BCUT2D eigenvalue weighted by molar-refractivity contribution is 7.86. The van der Waals surface area contributed by atoms with Crippen molar-refractivity contribution in [3.05, 3.63) is 113 Å². The van der Waals surface area contributed by atoms with Gasteiger partial charge in [-0.2, -0.15) is 4.58 Å². The van der Waals surface area contributed by atoms with Crippen LogP contribution < -0.4 is 10.2 Å². The maximum atomic E-state index is 13.0. The van der Waals surface area contributed by atoms with Gasteiger partial charge in [0.1, 0.15) is 16.7 Å². The third-order valence-corrected chi connectivity index (χ3v) is 13.9. The molecule has 0 aliphatic carbocycles. The number of carboxylic acid groups (broad SMARTS) is 1. The van der Waals surface area contributed by atoms with E-state index >= 15 is 0 Å². The smallest absolute Gasteiger partial charge is 0.303 e. The first-order valence-corrected chi connectivity index (χ1v) is 24.3. The Bertz CT molecular complexity index is 2790. The van der Waals surface area contributed by atoms with Crippen molar-refractivity contribution in [3.63, 3.8) is 0 Å². The van der Waals surface area contributed by atoms with Crippen LogP contribution in [0.4, 0.5) is 11.4 Å². The molecule has 0 saturated heterocycles. The molecule has 1 amide bonds. The number of carbonyl (C=O) groups excluding carboxylic acids is 1. The Balaban J connectivity index is 1.39. The van der Waals surface area contributed by atoms with Gasteiger partial charge in [-0.3, -0.25) is 9.59 Å². The van der Waals surface area contributed by atoms with Gasteiger partial charge in [0.15, 0.2) is 5.71 Å². The summed E-state index contributed by atoms with van der Waals surface area (Å²) in [6.45, 7) is 8.48. The highest BCUT2D eigenvalue weighted by Gasteiger charge is 2.46. The molecule has 4 aromatic rings. The van der Waals surface area contributed by atoms with E-state index in [4.69, 9.17) is 9.47 Å². The van der Waals surface area contributed by atoms with Crippen molar-refractivity contribution >= 4 is 70.7 Å². The maximum Gasteiger partial charge on any atom is 0.303 e. The minimum atomic E-state index is -4.66. The Morgan fingerprint density at radius 2 is 1.53 bits per heavy atom. The number of benzene rings is 4. The fourth-order valence-electron chi connectivity index (χ4n) is 9.29. The van der Waals surface area contributed by atoms with Crippen LogP contribution in [0, 0.1) is 0 Å². The lowest BCUT2D eigenvalue weighted by Crippen LogP contribution is -2.31. The summed E-state index contributed by atoms with van der Waals surface area (Å²) < 4.78 is 84.0. The van der Waals surface area contributed by atoms with Crippen molar-refractivity contribution in [2.75, 3.05) is 57.7 Å². The Hall–Kier alpha value is -5.23. The molecular formula is C48H56N3O11S2-. The van der Waals surface area contributed by atoms with E-state index in [1.165, 1.54) is 12.1 Å². The molecule has 14 nitrogen and oxygen atoms in total. The highest BCUT2D eigenvalue weighted by atomic mass is 32.2. The largest absolute Gasteiger partial charge is 0.748 e. The lowest BCUT2D eigenvalue weighted by molar-refractivity contribution is -0.438. The summed E-state index contributed by atoms with van der Waals surface area (Å²) in [5.41, 5.74) is 4.83. The second kappa shape index (κ2) is 19.9. The van der Waals surface area contributed by atoms with Gasteiger partial charge in [-0.05, 0) is 116 Å². The number of hydrogen-bond acceptors (Lipinski definition) is 11. The normalized spacial score (nSPS) is 18.0. The van der Waals surface area contributed by atoms with Gasteiger partial charge in [0.25, 0.3) is 5.91 Å². The molecule has 2 aliphatic heterocycles. The van der Waals surface area contributed by atoms with E-state index in [0.717, 1.165) is 56.5 Å². The third-order valence-electron chi connectivity index (χ3n) is 12.2. The zero-order valence-corrected chi connectivity index (χ0v) is 38.5. The molecule has 2 aliphatic rings. The second-order valence-corrected chi connectivity index (χ2v) is 19.8. The lowest BCUT2D eigenvalue weighted by Gasteiger charge is -2.31. The molecule has 2 heterocycles. The van der Waals surface area contributed by atoms with E-state index in [9.17, 15) is 40.6 Å². The first kappa shape index (κ1) is 48.2. The van der Waals surface area contributed by atoms with Crippen LogP contribution in [0.2, 0.25) is 0 Å². The minimum absolute atomic E-state index is 0.0881. The number of allylic oxidation sites excluding steroid dienone is 6. The van der Waals surface area contributed by atoms with Crippen LogP contribution in [0.5, 0.6) is 0 Å². The van der Waals surface area contributed by atoms with E-state index in [2.05, 4.69) is 35.6 Å². The topological polar surface area (TPSA) is 206 Å². The molecule has 2 N–H and O–H groups in total. The summed E-state index contributed by atoms with van der Waals surface area (Å²) in [6.07, 6.45) is 12.4. The van der Waals surface area contributed by atoms with Crippen molar-refractivity contribution in [1.82, 2.24) is 5.32 Å². The van der Waals surface area contributed by atoms with Gasteiger partial charge in [-0.15, -0.1) is 0 Å². The van der Waals surface area contributed by atoms with Crippen LogP contribution in [0.25, 0.3) is 21.5 Å². The number of unbranched alkanes of at least 4 members (excludes halogenated alkanes) is 2. The number of ether oxygens (including phenoxy) is 2. The minimum Gasteiger partial charge on any atom is -0.748 e.